The average molecular weight is 168 g/mol. The van der Waals surface area contributed by atoms with Gasteiger partial charge in [0.25, 0.3) is 0 Å². The van der Waals surface area contributed by atoms with E-state index in [1.165, 1.54) is 0 Å². The van der Waals surface area contributed by atoms with Gasteiger partial charge in [-0.1, -0.05) is 0 Å². The summed E-state index contributed by atoms with van der Waals surface area (Å²) in [5.74, 6) is 0. The van der Waals surface area contributed by atoms with Gasteiger partial charge in [0.2, 0.25) is 0 Å². The van der Waals surface area contributed by atoms with Crippen LogP contribution in [0, 0.1) is 0 Å². The van der Waals surface area contributed by atoms with Gasteiger partial charge in [-0.2, -0.15) is 0 Å². The summed E-state index contributed by atoms with van der Waals surface area (Å²) in [4.78, 5) is 0. The van der Waals surface area contributed by atoms with Crippen molar-refractivity contribution in [3.63, 3.8) is 0 Å². The summed E-state index contributed by atoms with van der Waals surface area (Å²) in [5, 5.41) is 0. The Labute approximate surface area is 75.8 Å². The zero-order valence-corrected chi connectivity index (χ0v) is 8.79. The summed E-state index contributed by atoms with van der Waals surface area (Å²) in [6.07, 6.45) is 3.27. The Balaban J connectivity index is 2.74. The van der Waals surface area contributed by atoms with Crippen LogP contribution in [0.5, 0.6) is 0 Å². The molecule has 0 spiro atoms. The second-order valence-electron chi connectivity index (χ2n) is 4.40. The molecule has 0 fully saturated rings. The Hall–Kier alpha value is -0.305. The molecule has 0 saturated carbocycles. The van der Waals surface area contributed by atoms with Crippen molar-refractivity contribution in [2.24, 2.45) is 0 Å². The van der Waals surface area contributed by atoms with Crippen LogP contribution in [0.3, 0.4) is 0 Å². The van der Waals surface area contributed by atoms with Crippen LogP contribution in [-0.4, -0.2) is 29.4 Å². The first-order valence-corrected chi connectivity index (χ1v) is 4.71. The van der Waals surface area contributed by atoms with Crippen molar-refractivity contribution < 1.29 is 9.14 Å². The highest BCUT2D eigenvalue weighted by molar-refractivity contribution is 6.41. The molecule has 1 heterocycles. The van der Waals surface area contributed by atoms with Gasteiger partial charge in [-0.3, -0.25) is 4.49 Å². The summed E-state index contributed by atoms with van der Waals surface area (Å²) in [6.45, 7) is 10.8. The van der Waals surface area contributed by atoms with E-state index in [0.29, 0.717) is 6.04 Å². The van der Waals surface area contributed by atoms with E-state index < -0.39 is 0 Å². The van der Waals surface area contributed by atoms with Gasteiger partial charge < -0.3 is 4.65 Å². The third-order valence-electron chi connectivity index (χ3n) is 2.30. The predicted molar refractivity (Wildman–Crippen MR) is 52.9 cm³/mol. The standard InChI is InChI=1S/C9H19BNO/c1-8(2)11-7-6-9(3,4)12-10(11)5/h7-8H,6H2,1-5H3/q+1. The molecule has 1 aliphatic rings. The van der Waals surface area contributed by atoms with Gasteiger partial charge in [0.1, 0.15) is 12.3 Å². The number of hydrogen-bond donors (Lipinski definition) is 0. The lowest BCUT2D eigenvalue weighted by atomic mass is 9.80. The Bertz CT molecular complexity index is 199. The molecule has 0 aromatic carbocycles. The van der Waals surface area contributed by atoms with Crippen molar-refractivity contribution in [1.82, 2.24) is 0 Å². The van der Waals surface area contributed by atoms with E-state index in [1.807, 2.05) is 0 Å². The van der Waals surface area contributed by atoms with Crippen molar-refractivity contribution in [3.05, 3.63) is 0 Å². The lowest BCUT2D eigenvalue weighted by molar-refractivity contribution is -0.448. The van der Waals surface area contributed by atoms with Crippen LogP contribution >= 0.6 is 0 Å². The first kappa shape index (κ1) is 9.78. The highest BCUT2D eigenvalue weighted by Crippen LogP contribution is 2.19. The molecular formula is C9H19BNO+. The second-order valence-corrected chi connectivity index (χ2v) is 4.40. The fourth-order valence-corrected chi connectivity index (χ4v) is 1.68. The van der Waals surface area contributed by atoms with Crippen molar-refractivity contribution in [1.29, 1.82) is 0 Å². The van der Waals surface area contributed by atoms with E-state index in [2.05, 4.69) is 45.2 Å². The lowest BCUT2D eigenvalue weighted by Gasteiger charge is -2.29. The molecule has 0 aromatic rings. The van der Waals surface area contributed by atoms with Crippen LogP contribution < -0.4 is 0 Å². The smallest absolute Gasteiger partial charge is 0.368 e. The maximum Gasteiger partial charge on any atom is 0.651 e. The Kier molecular flexibility index (Phi) is 2.62. The van der Waals surface area contributed by atoms with Crippen molar-refractivity contribution >= 4 is 13.3 Å². The summed E-state index contributed by atoms with van der Waals surface area (Å²) in [5.41, 5.74) is 0.0187. The number of hydrogen-bond acceptors (Lipinski definition) is 1. The predicted octanol–water partition coefficient (Wildman–Crippen LogP) is 1.79. The van der Waals surface area contributed by atoms with Gasteiger partial charge in [0.05, 0.1) is 5.60 Å². The molecule has 0 atom stereocenters. The van der Waals surface area contributed by atoms with E-state index in [1.54, 1.807) is 0 Å². The molecule has 1 aliphatic heterocycles. The van der Waals surface area contributed by atoms with E-state index in [0.717, 1.165) is 6.42 Å². The van der Waals surface area contributed by atoms with E-state index in [9.17, 15) is 0 Å². The Morgan fingerprint density at radius 2 is 2.08 bits per heavy atom. The van der Waals surface area contributed by atoms with E-state index in [4.69, 9.17) is 4.65 Å². The highest BCUT2D eigenvalue weighted by atomic mass is 16.5. The van der Waals surface area contributed by atoms with Crippen LogP contribution in [0.25, 0.3) is 0 Å². The van der Waals surface area contributed by atoms with Crippen molar-refractivity contribution in [2.45, 2.75) is 52.6 Å². The summed E-state index contributed by atoms with van der Waals surface area (Å²) < 4.78 is 8.11. The average Bonchev–Trinajstić information content (AvgIpc) is 1.83. The maximum atomic E-state index is 5.84. The van der Waals surface area contributed by atoms with Crippen molar-refractivity contribution in [3.8, 4) is 0 Å². The minimum absolute atomic E-state index is 0.0187. The minimum Gasteiger partial charge on any atom is -0.368 e. The molecule has 0 aromatic heterocycles. The second kappa shape index (κ2) is 3.21. The van der Waals surface area contributed by atoms with Gasteiger partial charge in [-0.25, -0.2) is 0 Å². The van der Waals surface area contributed by atoms with Gasteiger partial charge in [0.15, 0.2) is 0 Å². The zero-order chi connectivity index (χ0) is 9.35. The molecule has 0 radical (unpaired) electrons. The Morgan fingerprint density at radius 3 is 2.50 bits per heavy atom. The van der Waals surface area contributed by atoms with Gasteiger partial charge in [-0.15, -0.1) is 0 Å². The third-order valence-corrected chi connectivity index (χ3v) is 2.30. The Morgan fingerprint density at radius 1 is 1.50 bits per heavy atom. The number of nitrogens with zero attached hydrogens (tertiary/aromatic N) is 1. The van der Waals surface area contributed by atoms with Gasteiger partial charge in [-0.05, 0) is 27.7 Å². The first-order chi connectivity index (χ1) is 5.42. The van der Waals surface area contributed by atoms with Crippen LogP contribution in [-0.2, 0) is 4.65 Å². The minimum atomic E-state index is 0.0187. The van der Waals surface area contributed by atoms with Crippen LogP contribution in [0.1, 0.15) is 34.1 Å². The summed E-state index contributed by atoms with van der Waals surface area (Å²) in [6, 6.07) is 0.538. The molecule has 68 valence electrons. The molecule has 12 heavy (non-hydrogen) atoms. The molecule has 0 unspecified atom stereocenters. The normalized spacial score (nSPS) is 22.8. The molecule has 1 rings (SSSR count). The fourth-order valence-electron chi connectivity index (χ4n) is 1.68. The fraction of sp³-hybridized carbons (Fsp3) is 0.889. The van der Waals surface area contributed by atoms with Gasteiger partial charge in [0, 0.05) is 13.2 Å². The SMILES string of the molecule is CB1OC(C)(C)CC=[N+]1C(C)C. The topological polar surface area (TPSA) is 12.2 Å². The highest BCUT2D eigenvalue weighted by Gasteiger charge is 2.39. The molecule has 0 aliphatic carbocycles. The summed E-state index contributed by atoms with van der Waals surface area (Å²) in [7, 11) is 0.216. The number of rotatable bonds is 1. The lowest BCUT2D eigenvalue weighted by Crippen LogP contribution is -2.48. The molecule has 0 amide bonds. The molecule has 3 heteroatoms. The maximum absolute atomic E-state index is 5.84. The molecule has 0 saturated heterocycles. The van der Waals surface area contributed by atoms with Crippen LogP contribution in [0.4, 0.5) is 0 Å². The molecule has 2 nitrogen and oxygen atoms in total. The van der Waals surface area contributed by atoms with Crippen LogP contribution in [0.15, 0.2) is 0 Å². The largest absolute Gasteiger partial charge is 0.651 e. The van der Waals surface area contributed by atoms with E-state index >= 15 is 0 Å². The quantitative estimate of drug-likeness (QED) is 0.543. The first-order valence-electron chi connectivity index (χ1n) is 4.71. The van der Waals surface area contributed by atoms with Gasteiger partial charge >= 0.3 is 7.05 Å². The molecule has 0 N–H and O–H groups in total. The van der Waals surface area contributed by atoms with Crippen molar-refractivity contribution in [2.75, 3.05) is 0 Å². The van der Waals surface area contributed by atoms with E-state index in [-0.39, 0.29) is 12.7 Å². The zero-order valence-electron chi connectivity index (χ0n) is 8.79. The third kappa shape index (κ3) is 2.10. The van der Waals surface area contributed by atoms with Crippen LogP contribution in [0.2, 0.25) is 6.82 Å². The molecule has 0 bridgehead atoms. The summed E-state index contributed by atoms with van der Waals surface area (Å²) >= 11 is 0. The monoisotopic (exact) mass is 168 g/mol. The molecular weight excluding hydrogens is 149 g/mol.